The highest BCUT2D eigenvalue weighted by Crippen LogP contribution is 2.31. The lowest BCUT2D eigenvalue weighted by Gasteiger charge is -2.38. The van der Waals surface area contributed by atoms with Crippen LogP contribution in [0.1, 0.15) is 40.3 Å². The van der Waals surface area contributed by atoms with Gasteiger partial charge in [0, 0.05) is 31.5 Å². The molecule has 1 aliphatic carbocycles. The van der Waals surface area contributed by atoms with Gasteiger partial charge in [0.2, 0.25) is 0 Å². The normalized spacial score (nSPS) is 20.8. The smallest absolute Gasteiger partial charge is 0.274 e. The van der Waals surface area contributed by atoms with Gasteiger partial charge in [0.25, 0.3) is 5.91 Å². The van der Waals surface area contributed by atoms with Crippen LogP contribution < -0.4 is 5.32 Å². The van der Waals surface area contributed by atoms with E-state index in [1.54, 1.807) is 20.2 Å². The van der Waals surface area contributed by atoms with Crippen molar-refractivity contribution >= 4 is 5.91 Å². The molecular formula is C18H23N3O4. The number of carbonyl (C=O) groups is 1. The second kappa shape index (κ2) is 7.76. The highest BCUT2D eigenvalue weighted by Gasteiger charge is 2.36. The van der Waals surface area contributed by atoms with E-state index in [4.69, 9.17) is 9.26 Å². The number of aliphatic hydroxyl groups excluding tert-OH is 1. The summed E-state index contributed by atoms with van der Waals surface area (Å²) in [5, 5.41) is 16.6. The summed E-state index contributed by atoms with van der Waals surface area (Å²) >= 11 is 0. The number of nitrogens with one attached hydrogen (secondary N) is 1. The van der Waals surface area contributed by atoms with Crippen molar-refractivity contribution < 1.29 is 19.2 Å². The van der Waals surface area contributed by atoms with Gasteiger partial charge in [-0.05, 0) is 37.8 Å². The fraction of sp³-hybridized carbons (Fsp3) is 0.500. The van der Waals surface area contributed by atoms with Crippen LogP contribution in [0.15, 0.2) is 28.9 Å². The third-order valence-electron chi connectivity index (χ3n) is 4.68. The van der Waals surface area contributed by atoms with E-state index in [0.29, 0.717) is 30.6 Å². The quantitative estimate of drug-likeness (QED) is 0.792. The summed E-state index contributed by atoms with van der Waals surface area (Å²) in [5.74, 6) is 0.512. The lowest BCUT2D eigenvalue weighted by molar-refractivity contribution is 0.0236. The molecule has 2 heterocycles. The molecule has 2 aromatic heterocycles. The minimum absolute atomic E-state index is 0.113. The van der Waals surface area contributed by atoms with E-state index in [0.717, 1.165) is 5.69 Å². The Morgan fingerprint density at radius 3 is 2.92 bits per heavy atom. The minimum atomic E-state index is -0.286. The predicted molar refractivity (Wildman–Crippen MR) is 89.9 cm³/mol. The zero-order chi connectivity index (χ0) is 17.8. The second-order valence-corrected chi connectivity index (χ2v) is 6.49. The van der Waals surface area contributed by atoms with Crippen molar-refractivity contribution in [3.05, 3.63) is 47.1 Å². The number of aryl methyl sites for hydroxylation is 1. The van der Waals surface area contributed by atoms with Crippen molar-refractivity contribution in [1.29, 1.82) is 0 Å². The van der Waals surface area contributed by atoms with Gasteiger partial charge in [0.1, 0.15) is 5.76 Å². The van der Waals surface area contributed by atoms with Gasteiger partial charge >= 0.3 is 0 Å². The largest absolute Gasteiger partial charge is 0.393 e. The lowest BCUT2D eigenvalue weighted by Crippen LogP contribution is -2.48. The molecule has 3 rings (SSSR count). The maximum absolute atomic E-state index is 12.7. The predicted octanol–water partition coefficient (Wildman–Crippen LogP) is 1.64. The number of rotatable bonds is 7. The zero-order valence-corrected chi connectivity index (χ0v) is 14.4. The molecule has 0 saturated heterocycles. The standard InChI is InChI=1S/C18H23N3O4/c1-11-15(10-24-2)17(21-25-11)18(23)20-16(12-7-14(22)8-12)9-13-5-3-4-6-19-13/h3-6,12,14,16,22H,7-10H2,1-2H3,(H,20,23)/t12?,14?,16-/m0/s1. The summed E-state index contributed by atoms with van der Waals surface area (Å²) in [6, 6.07) is 5.61. The van der Waals surface area contributed by atoms with Crippen LogP contribution in [0.25, 0.3) is 0 Å². The van der Waals surface area contributed by atoms with Crippen LogP contribution in [0.2, 0.25) is 0 Å². The molecule has 0 spiro atoms. The summed E-state index contributed by atoms with van der Waals surface area (Å²) < 4.78 is 10.3. The minimum Gasteiger partial charge on any atom is -0.393 e. The van der Waals surface area contributed by atoms with Crippen molar-refractivity contribution in [1.82, 2.24) is 15.5 Å². The maximum atomic E-state index is 12.7. The maximum Gasteiger partial charge on any atom is 0.274 e. The first kappa shape index (κ1) is 17.6. The van der Waals surface area contributed by atoms with E-state index in [-0.39, 0.29) is 36.3 Å². The molecular weight excluding hydrogens is 322 g/mol. The molecule has 7 heteroatoms. The van der Waals surface area contributed by atoms with Gasteiger partial charge in [-0.25, -0.2) is 0 Å². The molecule has 2 N–H and O–H groups in total. The van der Waals surface area contributed by atoms with Crippen molar-refractivity contribution in [3.8, 4) is 0 Å². The Hall–Kier alpha value is -2.25. The zero-order valence-electron chi connectivity index (χ0n) is 14.4. The molecule has 1 fully saturated rings. The van der Waals surface area contributed by atoms with E-state index in [1.807, 2.05) is 18.2 Å². The SMILES string of the molecule is COCc1c(C(=O)N[C@@H](Cc2ccccn2)C2CC(O)C2)noc1C. The number of aliphatic hydroxyl groups is 1. The molecule has 2 aromatic rings. The van der Waals surface area contributed by atoms with Crippen molar-refractivity contribution in [2.24, 2.45) is 5.92 Å². The number of ether oxygens (including phenoxy) is 1. The number of amides is 1. The highest BCUT2D eigenvalue weighted by atomic mass is 16.5. The van der Waals surface area contributed by atoms with Crippen LogP contribution in [-0.2, 0) is 17.8 Å². The average Bonchev–Trinajstić information content (AvgIpc) is 2.94. The highest BCUT2D eigenvalue weighted by molar-refractivity contribution is 5.94. The van der Waals surface area contributed by atoms with Crippen molar-refractivity contribution in [2.45, 2.75) is 44.9 Å². The van der Waals surface area contributed by atoms with Gasteiger partial charge in [-0.3, -0.25) is 9.78 Å². The van der Waals surface area contributed by atoms with Gasteiger partial charge in [-0.2, -0.15) is 0 Å². The molecule has 1 saturated carbocycles. The molecule has 0 aliphatic heterocycles. The molecule has 0 unspecified atom stereocenters. The number of aromatic nitrogens is 2. The third-order valence-corrected chi connectivity index (χ3v) is 4.68. The Morgan fingerprint density at radius 1 is 1.48 bits per heavy atom. The van der Waals surface area contributed by atoms with Gasteiger partial charge in [0.05, 0.1) is 18.3 Å². The molecule has 0 radical (unpaired) electrons. The topological polar surface area (TPSA) is 97.5 Å². The third kappa shape index (κ3) is 4.05. The lowest BCUT2D eigenvalue weighted by atomic mass is 9.76. The Bertz CT molecular complexity index is 710. The monoisotopic (exact) mass is 345 g/mol. The number of methoxy groups -OCH3 is 1. The Kier molecular flexibility index (Phi) is 5.45. The van der Waals surface area contributed by atoms with Crippen LogP contribution in [-0.4, -0.2) is 40.4 Å². The molecule has 25 heavy (non-hydrogen) atoms. The van der Waals surface area contributed by atoms with Crippen LogP contribution >= 0.6 is 0 Å². The van der Waals surface area contributed by atoms with E-state index < -0.39 is 0 Å². The Morgan fingerprint density at radius 2 is 2.28 bits per heavy atom. The summed E-state index contributed by atoms with van der Waals surface area (Å²) in [7, 11) is 1.56. The fourth-order valence-electron chi connectivity index (χ4n) is 3.16. The number of nitrogens with zero attached hydrogens (tertiary/aromatic N) is 2. The summed E-state index contributed by atoms with van der Waals surface area (Å²) in [5.41, 5.74) is 1.82. The molecule has 1 aliphatic rings. The van der Waals surface area contributed by atoms with E-state index in [2.05, 4.69) is 15.5 Å². The molecule has 0 aromatic carbocycles. The van der Waals surface area contributed by atoms with Gasteiger partial charge in [-0.1, -0.05) is 11.2 Å². The van der Waals surface area contributed by atoms with Crippen molar-refractivity contribution in [3.63, 3.8) is 0 Å². The van der Waals surface area contributed by atoms with Crippen LogP contribution in [0, 0.1) is 12.8 Å². The molecule has 7 nitrogen and oxygen atoms in total. The van der Waals surface area contributed by atoms with E-state index in [1.165, 1.54) is 0 Å². The first-order valence-corrected chi connectivity index (χ1v) is 8.41. The number of carbonyl (C=O) groups excluding carboxylic acids is 1. The van der Waals surface area contributed by atoms with Crippen LogP contribution in [0.5, 0.6) is 0 Å². The first-order chi connectivity index (χ1) is 12.1. The first-order valence-electron chi connectivity index (χ1n) is 8.41. The molecule has 134 valence electrons. The molecule has 1 amide bonds. The number of hydrogen-bond donors (Lipinski definition) is 2. The van der Waals surface area contributed by atoms with Crippen molar-refractivity contribution in [2.75, 3.05) is 7.11 Å². The van der Waals surface area contributed by atoms with Gasteiger partial charge < -0.3 is 19.7 Å². The van der Waals surface area contributed by atoms with Crippen LogP contribution in [0.3, 0.4) is 0 Å². The molecule has 1 atom stereocenters. The van der Waals surface area contributed by atoms with Gasteiger partial charge in [-0.15, -0.1) is 0 Å². The second-order valence-electron chi connectivity index (χ2n) is 6.49. The van der Waals surface area contributed by atoms with Gasteiger partial charge in [0.15, 0.2) is 5.69 Å². The average molecular weight is 345 g/mol. The Balaban J connectivity index is 1.74. The van der Waals surface area contributed by atoms with Crippen LogP contribution in [0.4, 0.5) is 0 Å². The van der Waals surface area contributed by atoms with E-state index in [9.17, 15) is 9.90 Å². The number of pyridine rings is 1. The summed E-state index contributed by atoms with van der Waals surface area (Å²) in [6.07, 6.45) is 3.43. The Labute approximate surface area is 146 Å². The number of hydrogen-bond acceptors (Lipinski definition) is 6. The fourth-order valence-corrected chi connectivity index (χ4v) is 3.16. The summed E-state index contributed by atoms with van der Waals surface area (Å²) in [4.78, 5) is 17.0. The summed E-state index contributed by atoms with van der Waals surface area (Å²) in [6.45, 7) is 2.02. The van der Waals surface area contributed by atoms with E-state index >= 15 is 0 Å². The molecule has 0 bridgehead atoms.